The smallest absolute Gasteiger partial charge is 0.254 e. The summed E-state index contributed by atoms with van der Waals surface area (Å²) < 4.78 is 0.824. The molecule has 1 aromatic heterocycles. The van der Waals surface area contributed by atoms with Crippen molar-refractivity contribution in [1.82, 2.24) is 9.88 Å². The highest BCUT2D eigenvalue weighted by Crippen LogP contribution is 2.17. The van der Waals surface area contributed by atoms with Gasteiger partial charge in [0.15, 0.2) is 0 Å². The van der Waals surface area contributed by atoms with Crippen LogP contribution in [0.4, 0.5) is 0 Å². The fraction of sp³-hybridized carbons (Fsp3) is 0.200. The predicted molar refractivity (Wildman–Crippen MR) is 79.0 cm³/mol. The maximum absolute atomic E-state index is 12.3. The Labute approximate surface area is 121 Å². The van der Waals surface area contributed by atoms with E-state index in [1.54, 1.807) is 11.1 Å². The van der Waals surface area contributed by atoms with Crippen LogP contribution in [0, 0.1) is 0 Å². The second-order valence-corrected chi connectivity index (χ2v) is 5.13. The summed E-state index contributed by atoms with van der Waals surface area (Å²) >= 11 is 3.40. The first-order valence-corrected chi connectivity index (χ1v) is 6.87. The molecular formula is C15H15BrN2O. The first-order chi connectivity index (χ1) is 9.18. The molecule has 1 heterocycles. The zero-order valence-electron chi connectivity index (χ0n) is 10.7. The van der Waals surface area contributed by atoms with Crippen molar-refractivity contribution in [3.05, 3.63) is 64.4 Å². The van der Waals surface area contributed by atoms with E-state index in [1.807, 2.05) is 49.5 Å². The summed E-state index contributed by atoms with van der Waals surface area (Å²) in [6.45, 7) is 0.650. The number of carbonyl (C=O) groups excluding carboxylic acids is 1. The largest absolute Gasteiger partial charge is 0.341 e. The van der Waals surface area contributed by atoms with Crippen LogP contribution >= 0.6 is 15.9 Å². The monoisotopic (exact) mass is 318 g/mol. The molecule has 0 aliphatic rings. The van der Waals surface area contributed by atoms with E-state index < -0.39 is 0 Å². The molecule has 1 aromatic carbocycles. The molecule has 0 spiro atoms. The Bertz CT molecular complexity index is 557. The van der Waals surface area contributed by atoms with Gasteiger partial charge < -0.3 is 4.90 Å². The molecule has 0 radical (unpaired) electrons. The lowest BCUT2D eigenvalue weighted by Crippen LogP contribution is -2.29. The molecule has 98 valence electrons. The van der Waals surface area contributed by atoms with Gasteiger partial charge in [0.05, 0.1) is 5.56 Å². The summed E-state index contributed by atoms with van der Waals surface area (Å²) in [5.41, 5.74) is 1.68. The van der Waals surface area contributed by atoms with Gasteiger partial charge in [0.1, 0.15) is 0 Å². The number of halogens is 1. The van der Waals surface area contributed by atoms with Crippen molar-refractivity contribution in [2.24, 2.45) is 0 Å². The standard InChI is InChI=1S/C15H15BrN2O/c1-18(11-9-12-6-4-5-10-17-12)15(19)13-7-2-3-8-14(13)16/h2-8,10H,9,11H2,1H3. The zero-order valence-corrected chi connectivity index (χ0v) is 12.3. The van der Waals surface area contributed by atoms with Crippen LogP contribution < -0.4 is 0 Å². The topological polar surface area (TPSA) is 33.2 Å². The van der Waals surface area contributed by atoms with Crippen molar-refractivity contribution in [3.8, 4) is 0 Å². The second-order valence-electron chi connectivity index (χ2n) is 4.28. The van der Waals surface area contributed by atoms with Crippen molar-refractivity contribution in [3.63, 3.8) is 0 Å². The Morgan fingerprint density at radius 3 is 2.63 bits per heavy atom. The Morgan fingerprint density at radius 2 is 1.95 bits per heavy atom. The normalized spacial score (nSPS) is 10.2. The number of amides is 1. The van der Waals surface area contributed by atoms with E-state index in [1.165, 1.54) is 0 Å². The van der Waals surface area contributed by atoms with Gasteiger partial charge in [0.25, 0.3) is 5.91 Å². The number of rotatable bonds is 4. The summed E-state index contributed by atoms with van der Waals surface area (Å²) in [5, 5.41) is 0. The van der Waals surface area contributed by atoms with Gasteiger partial charge in [-0.15, -0.1) is 0 Å². The van der Waals surface area contributed by atoms with Crippen molar-refractivity contribution in [2.75, 3.05) is 13.6 Å². The molecule has 0 bridgehead atoms. The van der Waals surface area contributed by atoms with Gasteiger partial charge in [0, 0.05) is 36.4 Å². The van der Waals surface area contributed by atoms with Gasteiger partial charge in [-0.1, -0.05) is 18.2 Å². The van der Waals surface area contributed by atoms with Gasteiger partial charge in [-0.2, -0.15) is 0 Å². The van der Waals surface area contributed by atoms with Crippen LogP contribution in [0.1, 0.15) is 16.1 Å². The van der Waals surface area contributed by atoms with Crippen LogP contribution in [0.2, 0.25) is 0 Å². The van der Waals surface area contributed by atoms with Crippen molar-refractivity contribution >= 4 is 21.8 Å². The number of carbonyl (C=O) groups is 1. The minimum absolute atomic E-state index is 0.0170. The molecule has 0 saturated carbocycles. The maximum atomic E-state index is 12.3. The van der Waals surface area contributed by atoms with Crippen LogP contribution in [-0.4, -0.2) is 29.4 Å². The van der Waals surface area contributed by atoms with Gasteiger partial charge >= 0.3 is 0 Å². The lowest BCUT2D eigenvalue weighted by molar-refractivity contribution is 0.0795. The van der Waals surface area contributed by atoms with E-state index in [-0.39, 0.29) is 5.91 Å². The molecule has 0 aliphatic heterocycles. The summed E-state index contributed by atoms with van der Waals surface area (Å²) in [6, 6.07) is 13.3. The Kier molecular flexibility index (Phi) is 4.68. The molecule has 2 aromatic rings. The molecule has 3 nitrogen and oxygen atoms in total. The summed E-state index contributed by atoms with van der Waals surface area (Å²) in [4.78, 5) is 18.2. The first kappa shape index (κ1) is 13.7. The SMILES string of the molecule is CN(CCc1ccccn1)C(=O)c1ccccc1Br. The summed E-state index contributed by atoms with van der Waals surface area (Å²) in [7, 11) is 1.81. The van der Waals surface area contributed by atoms with Crippen LogP contribution in [0.5, 0.6) is 0 Å². The highest BCUT2D eigenvalue weighted by molar-refractivity contribution is 9.10. The van der Waals surface area contributed by atoms with Gasteiger partial charge in [0.2, 0.25) is 0 Å². The molecule has 0 N–H and O–H groups in total. The van der Waals surface area contributed by atoms with Crippen molar-refractivity contribution in [1.29, 1.82) is 0 Å². The van der Waals surface area contributed by atoms with E-state index in [4.69, 9.17) is 0 Å². The zero-order chi connectivity index (χ0) is 13.7. The van der Waals surface area contributed by atoms with Gasteiger partial charge in [-0.3, -0.25) is 9.78 Å². The number of hydrogen-bond donors (Lipinski definition) is 0. The van der Waals surface area contributed by atoms with Crippen LogP contribution in [-0.2, 0) is 6.42 Å². The molecule has 1 amide bonds. The van der Waals surface area contributed by atoms with E-state index in [2.05, 4.69) is 20.9 Å². The lowest BCUT2D eigenvalue weighted by atomic mass is 10.2. The molecule has 4 heteroatoms. The average molecular weight is 319 g/mol. The van der Waals surface area contributed by atoms with Crippen LogP contribution in [0.3, 0.4) is 0 Å². The third-order valence-electron chi connectivity index (χ3n) is 2.88. The highest BCUT2D eigenvalue weighted by Gasteiger charge is 2.14. The number of pyridine rings is 1. The van der Waals surface area contributed by atoms with E-state index >= 15 is 0 Å². The summed E-state index contributed by atoms with van der Waals surface area (Å²) in [5.74, 6) is 0.0170. The lowest BCUT2D eigenvalue weighted by Gasteiger charge is -2.17. The molecule has 0 saturated heterocycles. The predicted octanol–water partition coefficient (Wildman–Crippen LogP) is 3.16. The van der Waals surface area contributed by atoms with Crippen LogP contribution in [0.25, 0.3) is 0 Å². The van der Waals surface area contributed by atoms with Gasteiger partial charge in [-0.05, 0) is 40.2 Å². The number of benzene rings is 1. The second kappa shape index (κ2) is 6.48. The third kappa shape index (κ3) is 3.64. The van der Waals surface area contributed by atoms with Gasteiger partial charge in [-0.25, -0.2) is 0 Å². The van der Waals surface area contributed by atoms with E-state index in [0.717, 1.165) is 16.6 Å². The van der Waals surface area contributed by atoms with Crippen molar-refractivity contribution in [2.45, 2.75) is 6.42 Å². The van der Waals surface area contributed by atoms with Crippen LogP contribution in [0.15, 0.2) is 53.1 Å². The average Bonchev–Trinajstić information content (AvgIpc) is 2.45. The highest BCUT2D eigenvalue weighted by atomic mass is 79.9. The summed E-state index contributed by atoms with van der Waals surface area (Å²) in [6.07, 6.45) is 2.53. The minimum atomic E-state index is 0.0170. The number of hydrogen-bond acceptors (Lipinski definition) is 2. The molecule has 0 aliphatic carbocycles. The number of nitrogens with zero attached hydrogens (tertiary/aromatic N) is 2. The molecule has 0 unspecified atom stereocenters. The Hall–Kier alpha value is -1.68. The number of aromatic nitrogens is 1. The fourth-order valence-corrected chi connectivity index (χ4v) is 2.22. The molecule has 0 fully saturated rings. The Morgan fingerprint density at radius 1 is 1.21 bits per heavy atom. The molecular weight excluding hydrogens is 304 g/mol. The third-order valence-corrected chi connectivity index (χ3v) is 3.57. The van der Waals surface area contributed by atoms with Crippen molar-refractivity contribution < 1.29 is 4.79 Å². The fourth-order valence-electron chi connectivity index (χ4n) is 1.77. The quantitative estimate of drug-likeness (QED) is 0.867. The minimum Gasteiger partial charge on any atom is -0.341 e. The molecule has 19 heavy (non-hydrogen) atoms. The van der Waals surface area contributed by atoms with E-state index in [0.29, 0.717) is 12.1 Å². The maximum Gasteiger partial charge on any atom is 0.254 e. The molecule has 0 atom stereocenters. The Balaban J connectivity index is 1.99. The van der Waals surface area contributed by atoms with E-state index in [9.17, 15) is 4.79 Å². The first-order valence-electron chi connectivity index (χ1n) is 6.08. The number of likely N-dealkylation sites (N-methyl/N-ethyl adjacent to an activating group) is 1. The molecule has 2 rings (SSSR count).